The largest absolute Gasteiger partial charge is 0.328 e. The molecule has 0 bridgehead atoms. The van der Waals surface area contributed by atoms with E-state index in [1.54, 1.807) is 18.6 Å². The molecule has 1 N–H and O–H groups in total. The lowest BCUT2D eigenvalue weighted by molar-refractivity contribution is 1.20. The molecule has 0 radical (unpaired) electrons. The Morgan fingerprint density at radius 2 is 1.58 bits per heavy atom. The van der Waals surface area contributed by atoms with Gasteiger partial charge in [0, 0.05) is 24.2 Å². The van der Waals surface area contributed by atoms with E-state index in [-0.39, 0.29) is 5.56 Å². The molecule has 19 heavy (non-hydrogen) atoms. The van der Waals surface area contributed by atoms with Crippen LogP contribution < -0.4 is 5.56 Å². The highest BCUT2D eigenvalue weighted by Crippen LogP contribution is 2.19. The first-order chi connectivity index (χ1) is 9.34. The molecule has 3 aromatic heterocycles. The molecular formula is C15H11N3O. The summed E-state index contributed by atoms with van der Waals surface area (Å²) in [6.45, 7) is 0. The molecule has 4 nitrogen and oxygen atoms in total. The maximum Gasteiger partial charge on any atom is 0.257 e. The molecule has 0 saturated heterocycles. The van der Waals surface area contributed by atoms with Crippen LogP contribution in [0.25, 0.3) is 22.5 Å². The molecule has 0 aliphatic carbocycles. The quantitative estimate of drug-likeness (QED) is 0.759. The van der Waals surface area contributed by atoms with Crippen LogP contribution in [-0.2, 0) is 0 Å². The highest BCUT2D eigenvalue weighted by atomic mass is 16.1. The topological polar surface area (TPSA) is 58.6 Å². The van der Waals surface area contributed by atoms with Crippen molar-refractivity contribution in [3.05, 3.63) is 71.4 Å². The summed E-state index contributed by atoms with van der Waals surface area (Å²) in [5.41, 5.74) is 2.72. The first-order valence-electron chi connectivity index (χ1n) is 5.90. The zero-order valence-electron chi connectivity index (χ0n) is 10.1. The third-order valence-electron chi connectivity index (χ3n) is 2.80. The Bertz CT molecular complexity index is 736. The Morgan fingerprint density at radius 3 is 2.21 bits per heavy atom. The molecule has 0 atom stereocenters. The highest BCUT2D eigenvalue weighted by Gasteiger charge is 2.07. The zero-order valence-corrected chi connectivity index (χ0v) is 10.1. The normalized spacial score (nSPS) is 10.3. The molecule has 4 heteroatoms. The van der Waals surface area contributed by atoms with Gasteiger partial charge in [0.15, 0.2) is 0 Å². The Morgan fingerprint density at radius 1 is 0.895 bits per heavy atom. The van der Waals surface area contributed by atoms with Crippen molar-refractivity contribution in [2.45, 2.75) is 0 Å². The number of hydrogen-bond donors (Lipinski definition) is 1. The number of pyridine rings is 3. The first kappa shape index (κ1) is 11.3. The second-order valence-corrected chi connectivity index (χ2v) is 4.06. The van der Waals surface area contributed by atoms with Gasteiger partial charge in [-0.15, -0.1) is 0 Å². The van der Waals surface area contributed by atoms with Crippen molar-refractivity contribution < 1.29 is 0 Å². The van der Waals surface area contributed by atoms with Crippen molar-refractivity contribution >= 4 is 0 Å². The maximum atomic E-state index is 11.9. The molecule has 0 aromatic carbocycles. The van der Waals surface area contributed by atoms with Gasteiger partial charge in [0.25, 0.3) is 5.56 Å². The van der Waals surface area contributed by atoms with Crippen LogP contribution in [0.2, 0.25) is 0 Å². The van der Waals surface area contributed by atoms with Crippen molar-refractivity contribution in [1.82, 2.24) is 15.0 Å². The van der Waals surface area contributed by atoms with Gasteiger partial charge < -0.3 is 4.98 Å². The minimum absolute atomic E-state index is 0.154. The molecule has 0 aliphatic rings. The van der Waals surface area contributed by atoms with Gasteiger partial charge in [0.05, 0.1) is 17.0 Å². The van der Waals surface area contributed by atoms with Crippen LogP contribution in [0.15, 0.2) is 65.8 Å². The molecule has 3 rings (SSSR count). The zero-order chi connectivity index (χ0) is 13.1. The second kappa shape index (κ2) is 4.86. The molecule has 3 heterocycles. The van der Waals surface area contributed by atoms with E-state index in [0.717, 1.165) is 11.3 Å². The van der Waals surface area contributed by atoms with Gasteiger partial charge in [-0.1, -0.05) is 12.1 Å². The number of rotatable bonds is 2. The number of hydrogen-bond acceptors (Lipinski definition) is 3. The van der Waals surface area contributed by atoms with Crippen molar-refractivity contribution in [3.63, 3.8) is 0 Å². The summed E-state index contributed by atoms with van der Waals surface area (Å²) in [5.74, 6) is 0. The molecule has 0 fully saturated rings. The van der Waals surface area contributed by atoms with E-state index in [0.29, 0.717) is 11.3 Å². The number of nitrogens with zero attached hydrogens (tertiary/aromatic N) is 2. The fourth-order valence-corrected chi connectivity index (χ4v) is 1.88. The van der Waals surface area contributed by atoms with Crippen LogP contribution in [0.1, 0.15) is 0 Å². The van der Waals surface area contributed by atoms with Gasteiger partial charge in [-0.05, 0) is 30.3 Å². The average molecular weight is 249 g/mol. The van der Waals surface area contributed by atoms with Crippen molar-refractivity contribution in [2.75, 3.05) is 0 Å². The highest BCUT2D eigenvalue weighted by molar-refractivity contribution is 5.67. The standard InChI is InChI=1S/C15H11N3O/c19-15-12(14-6-2-4-8-17-14)9-11(10-18-15)13-5-1-3-7-16-13/h1-10H,(H,18,19). The van der Waals surface area contributed by atoms with Gasteiger partial charge in [-0.2, -0.15) is 0 Å². The molecule has 92 valence electrons. The number of aromatic amines is 1. The molecule has 0 aliphatic heterocycles. The summed E-state index contributed by atoms with van der Waals surface area (Å²) in [4.78, 5) is 23.1. The minimum atomic E-state index is -0.154. The molecular weight excluding hydrogens is 238 g/mol. The van der Waals surface area contributed by atoms with Crippen LogP contribution in [0.4, 0.5) is 0 Å². The lowest BCUT2D eigenvalue weighted by atomic mass is 10.1. The lowest BCUT2D eigenvalue weighted by Crippen LogP contribution is -2.09. The summed E-state index contributed by atoms with van der Waals surface area (Å²) in [5, 5.41) is 0. The van der Waals surface area contributed by atoms with Crippen molar-refractivity contribution in [1.29, 1.82) is 0 Å². The van der Waals surface area contributed by atoms with Gasteiger partial charge in [0.2, 0.25) is 0 Å². The number of aromatic nitrogens is 3. The minimum Gasteiger partial charge on any atom is -0.328 e. The molecule has 0 unspecified atom stereocenters. The lowest BCUT2D eigenvalue weighted by Gasteiger charge is -2.03. The van der Waals surface area contributed by atoms with E-state index in [1.165, 1.54) is 0 Å². The van der Waals surface area contributed by atoms with E-state index in [9.17, 15) is 4.79 Å². The number of H-pyrrole nitrogens is 1. The second-order valence-electron chi connectivity index (χ2n) is 4.06. The van der Waals surface area contributed by atoms with E-state index in [2.05, 4.69) is 15.0 Å². The summed E-state index contributed by atoms with van der Waals surface area (Å²) >= 11 is 0. The van der Waals surface area contributed by atoms with Gasteiger partial charge in [0.1, 0.15) is 0 Å². The third kappa shape index (κ3) is 2.28. The molecule has 0 spiro atoms. The van der Waals surface area contributed by atoms with Crippen molar-refractivity contribution in [2.24, 2.45) is 0 Å². The first-order valence-corrected chi connectivity index (χ1v) is 5.90. The Balaban J connectivity index is 2.15. The monoisotopic (exact) mass is 249 g/mol. The molecule has 0 amide bonds. The summed E-state index contributed by atoms with van der Waals surface area (Å²) in [6.07, 6.45) is 5.06. The predicted molar refractivity (Wildman–Crippen MR) is 73.5 cm³/mol. The van der Waals surface area contributed by atoms with Crippen molar-refractivity contribution in [3.8, 4) is 22.5 Å². The van der Waals surface area contributed by atoms with Gasteiger partial charge >= 0.3 is 0 Å². The SMILES string of the molecule is O=c1[nH]cc(-c2ccccn2)cc1-c1ccccn1. The van der Waals surface area contributed by atoms with E-state index in [4.69, 9.17) is 0 Å². The smallest absolute Gasteiger partial charge is 0.257 e. The van der Waals surface area contributed by atoms with Crippen LogP contribution in [0, 0.1) is 0 Å². The van der Waals surface area contributed by atoms with E-state index >= 15 is 0 Å². The average Bonchev–Trinajstić information content (AvgIpc) is 2.49. The summed E-state index contributed by atoms with van der Waals surface area (Å²) < 4.78 is 0. The van der Waals surface area contributed by atoms with Crippen LogP contribution >= 0.6 is 0 Å². The van der Waals surface area contributed by atoms with Crippen LogP contribution in [0.3, 0.4) is 0 Å². The predicted octanol–water partition coefficient (Wildman–Crippen LogP) is 2.50. The molecule has 0 saturated carbocycles. The Hall–Kier alpha value is -2.75. The number of nitrogens with one attached hydrogen (secondary N) is 1. The van der Waals surface area contributed by atoms with Crippen LogP contribution in [-0.4, -0.2) is 15.0 Å². The third-order valence-corrected chi connectivity index (χ3v) is 2.80. The van der Waals surface area contributed by atoms with Gasteiger partial charge in [-0.3, -0.25) is 14.8 Å². The fraction of sp³-hybridized carbons (Fsp3) is 0. The maximum absolute atomic E-state index is 11.9. The van der Waals surface area contributed by atoms with Gasteiger partial charge in [-0.25, -0.2) is 0 Å². The van der Waals surface area contributed by atoms with E-state index in [1.807, 2.05) is 42.5 Å². The Labute approximate surface area is 109 Å². The van der Waals surface area contributed by atoms with E-state index < -0.39 is 0 Å². The Kier molecular flexibility index (Phi) is 2.90. The molecule has 3 aromatic rings. The van der Waals surface area contributed by atoms with Crippen LogP contribution in [0.5, 0.6) is 0 Å². The summed E-state index contributed by atoms with van der Waals surface area (Å²) in [7, 11) is 0. The summed E-state index contributed by atoms with van der Waals surface area (Å²) in [6, 6.07) is 13.0. The fourth-order valence-electron chi connectivity index (χ4n) is 1.88.